The molecule has 2 atom stereocenters. The summed E-state index contributed by atoms with van der Waals surface area (Å²) in [5.41, 5.74) is 1.07. The molecule has 0 aliphatic carbocycles. The van der Waals surface area contributed by atoms with E-state index >= 15 is 0 Å². The van der Waals surface area contributed by atoms with Gasteiger partial charge in [0.15, 0.2) is 0 Å². The lowest BCUT2D eigenvalue weighted by atomic mass is 10.0. The van der Waals surface area contributed by atoms with Gasteiger partial charge in [-0.2, -0.15) is 0 Å². The fourth-order valence-corrected chi connectivity index (χ4v) is 4.02. The second-order valence-corrected chi connectivity index (χ2v) is 6.30. The van der Waals surface area contributed by atoms with Crippen molar-refractivity contribution in [1.82, 2.24) is 4.90 Å². The van der Waals surface area contributed by atoms with Crippen molar-refractivity contribution < 1.29 is 14.3 Å². The van der Waals surface area contributed by atoms with Crippen molar-refractivity contribution in [1.29, 1.82) is 0 Å². The summed E-state index contributed by atoms with van der Waals surface area (Å²) in [4.78, 5) is 13.5. The van der Waals surface area contributed by atoms with Gasteiger partial charge >= 0.3 is 6.09 Å². The Labute approximate surface area is 124 Å². The van der Waals surface area contributed by atoms with Crippen LogP contribution in [0.2, 0.25) is 0 Å². The molecule has 1 saturated heterocycles. The first-order chi connectivity index (χ1) is 9.63. The van der Waals surface area contributed by atoms with Crippen LogP contribution in [0, 0.1) is 0 Å². The Hall–Kier alpha value is -1.20. The van der Waals surface area contributed by atoms with Gasteiger partial charge in [0.25, 0.3) is 0 Å². The van der Waals surface area contributed by atoms with Crippen LogP contribution >= 0.6 is 11.8 Å². The largest absolute Gasteiger partial charge is 0.450 e. The molecule has 0 aromatic heterocycles. The Morgan fingerprint density at radius 2 is 2.15 bits per heavy atom. The molecule has 1 fully saturated rings. The highest BCUT2D eigenvalue weighted by molar-refractivity contribution is 8.00. The quantitative estimate of drug-likeness (QED) is 0.854. The molecule has 0 radical (unpaired) electrons. The monoisotopic (exact) mass is 295 g/mol. The van der Waals surface area contributed by atoms with E-state index in [9.17, 15) is 4.79 Å². The third kappa shape index (κ3) is 2.79. The standard InChI is InChI=1S/C15H21NO3S/c1-4-19-14(17)16-10-11-20-15(16,2)13(18-3)12-8-6-5-7-9-12/h5-9,13H,4,10-11H2,1-3H3/t13-,15+/m1/s1. The third-order valence-corrected chi connectivity index (χ3v) is 4.96. The van der Waals surface area contributed by atoms with E-state index in [1.807, 2.05) is 44.2 Å². The zero-order valence-electron chi connectivity index (χ0n) is 12.2. The van der Waals surface area contributed by atoms with Crippen LogP contribution in [-0.2, 0) is 9.47 Å². The zero-order chi connectivity index (χ0) is 14.6. The molecule has 0 saturated carbocycles. The molecule has 110 valence electrons. The summed E-state index contributed by atoms with van der Waals surface area (Å²) in [6.45, 7) is 4.94. The maximum atomic E-state index is 12.1. The number of nitrogens with zero attached hydrogens (tertiary/aromatic N) is 1. The molecule has 0 N–H and O–H groups in total. The predicted molar refractivity (Wildman–Crippen MR) is 80.8 cm³/mol. The predicted octanol–water partition coefficient (Wildman–Crippen LogP) is 3.30. The van der Waals surface area contributed by atoms with E-state index < -0.39 is 4.87 Å². The van der Waals surface area contributed by atoms with E-state index in [0.717, 1.165) is 11.3 Å². The first-order valence-electron chi connectivity index (χ1n) is 6.79. The van der Waals surface area contributed by atoms with Crippen molar-refractivity contribution in [3.63, 3.8) is 0 Å². The molecule has 0 unspecified atom stereocenters. The highest BCUT2D eigenvalue weighted by atomic mass is 32.2. The first kappa shape index (κ1) is 15.2. The Balaban J connectivity index is 2.29. The molecule has 0 bridgehead atoms. The highest BCUT2D eigenvalue weighted by Crippen LogP contribution is 2.46. The van der Waals surface area contributed by atoms with E-state index in [-0.39, 0.29) is 12.2 Å². The molecule has 1 amide bonds. The molecule has 0 spiro atoms. The number of amides is 1. The SMILES string of the molecule is CCOC(=O)N1CCS[C@@]1(C)[C@H](OC)c1ccccc1. The Bertz CT molecular complexity index is 454. The van der Waals surface area contributed by atoms with Gasteiger partial charge in [-0.25, -0.2) is 4.79 Å². The third-order valence-electron chi connectivity index (χ3n) is 3.56. The number of carbonyl (C=O) groups excluding carboxylic acids is 1. The van der Waals surface area contributed by atoms with E-state index in [1.165, 1.54) is 0 Å². The van der Waals surface area contributed by atoms with Gasteiger partial charge in [0.1, 0.15) is 11.0 Å². The number of thioether (sulfide) groups is 1. The summed E-state index contributed by atoms with van der Waals surface area (Å²) in [5.74, 6) is 0.891. The lowest BCUT2D eigenvalue weighted by Crippen LogP contribution is -2.48. The molecule has 1 aromatic carbocycles. The molecule has 5 heteroatoms. The van der Waals surface area contributed by atoms with Crippen LogP contribution < -0.4 is 0 Å². The number of methoxy groups -OCH3 is 1. The Kier molecular flexibility index (Phi) is 4.94. The molecule has 20 heavy (non-hydrogen) atoms. The van der Waals surface area contributed by atoms with Gasteiger partial charge in [0, 0.05) is 19.4 Å². The summed E-state index contributed by atoms with van der Waals surface area (Å²) < 4.78 is 10.9. The Morgan fingerprint density at radius 1 is 1.45 bits per heavy atom. The average Bonchev–Trinajstić information content (AvgIpc) is 2.84. The average molecular weight is 295 g/mol. The van der Waals surface area contributed by atoms with Crippen LogP contribution in [-0.4, -0.2) is 41.9 Å². The molecule has 1 heterocycles. The smallest absolute Gasteiger partial charge is 0.410 e. The highest BCUT2D eigenvalue weighted by Gasteiger charge is 2.48. The number of rotatable bonds is 4. The van der Waals surface area contributed by atoms with E-state index in [0.29, 0.717) is 13.2 Å². The second kappa shape index (κ2) is 6.50. The van der Waals surface area contributed by atoms with Gasteiger partial charge in [0.2, 0.25) is 0 Å². The number of benzene rings is 1. The van der Waals surface area contributed by atoms with Crippen molar-refractivity contribution in [2.45, 2.75) is 24.8 Å². The number of ether oxygens (including phenoxy) is 2. The summed E-state index contributed by atoms with van der Waals surface area (Å²) in [5, 5.41) is 0. The van der Waals surface area contributed by atoms with Gasteiger partial charge < -0.3 is 9.47 Å². The van der Waals surface area contributed by atoms with Crippen molar-refractivity contribution in [3.8, 4) is 0 Å². The molecular weight excluding hydrogens is 274 g/mol. The Morgan fingerprint density at radius 3 is 2.75 bits per heavy atom. The molecule has 1 aromatic rings. The van der Waals surface area contributed by atoms with Gasteiger partial charge in [-0.05, 0) is 19.4 Å². The minimum atomic E-state index is -0.442. The number of carbonyl (C=O) groups is 1. The first-order valence-corrected chi connectivity index (χ1v) is 7.78. The van der Waals surface area contributed by atoms with Gasteiger partial charge in [-0.1, -0.05) is 30.3 Å². The van der Waals surface area contributed by atoms with Crippen LogP contribution in [0.15, 0.2) is 30.3 Å². The fraction of sp³-hybridized carbons (Fsp3) is 0.533. The van der Waals surface area contributed by atoms with E-state index in [4.69, 9.17) is 9.47 Å². The maximum absolute atomic E-state index is 12.1. The van der Waals surface area contributed by atoms with Crippen LogP contribution in [0.3, 0.4) is 0 Å². The lowest BCUT2D eigenvalue weighted by Gasteiger charge is -2.39. The van der Waals surface area contributed by atoms with Gasteiger partial charge in [-0.15, -0.1) is 11.8 Å². The second-order valence-electron chi connectivity index (χ2n) is 4.78. The molecular formula is C15H21NO3S. The minimum Gasteiger partial charge on any atom is -0.450 e. The summed E-state index contributed by atoms with van der Waals surface area (Å²) in [6, 6.07) is 10.0. The van der Waals surface area contributed by atoms with Crippen molar-refractivity contribution in [3.05, 3.63) is 35.9 Å². The molecule has 2 rings (SSSR count). The van der Waals surface area contributed by atoms with E-state index in [1.54, 1.807) is 23.8 Å². The van der Waals surface area contributed by atoms with Crippen LogP contribution in [0.25, 0.3) is 0 Å². The summed E-state index contributed by atoms with van der Waals surface area (Å²) in [7, 11) is 1.69. The minimum absolute atomic E-state index is 0.180. The number of hydrogen-bond donors (Lipinski definition) is 0. The van der Waals surface area contributed by atoms with Crippen molar-refractivity contribution >= 4 is 17.9 Å². The topological polar surface area (TPSA) is 38.8 Å². The van der Waals surface area contributed by atoms with E-state index in [2.05, 4.69) is 0 Å². The lowest BCUT2D eigenvalue weighted by molar-refractivity contribution is 0.00714. The van der Waals surface area contributed by atoms with Crippen LogP contribution in [0.5, 0.6) is 0 Å². The van der Waals surface area contributed by atoms with Gasteiger partial charge in [0.05, 0.1) is 6.61 Å². The van der Waals surface area contributed by atoms with Crippen LogP contribution in [0.1, 0.15) is 25.5 Å². The van der Waals surface area contributed by atoms with Crippen LogP contribution in [0.4, 0.5) is 4.79 Å². The summed E-state index contributed by atoms with van der Waals surface area (Å²) >= 11 is 1.73. The zero-order valence-corrected chi connectivity index (χ0v) is 13.0. The van der Waals surface area contributed by atoms with Gasteiger partial charge in [-0.3, -0.25) is 4.90 Å². The molecule has 4 nitrogen and oxygen atoms in total. The summed E-state index contributed by atoms with van der Waals surface area (Å²) in [6.07, 6.45) is -0.446. The number of hydrogen-bond acceptors (Lipinski definition) is 4. The normalized spacial score (nSPS) is 23.6. The fourth-order valence-electron chi connectivity index (χ4n) is 2.63. The molecule has 1 aliphatic heterocycles. The molecule has 1 aliphatic rings. The maximum Gasteiger partial charge on any atom is 0.410 e. The van der Waals surface area contributed by atoms with Crippen molar-refractivity contribution in [2.24, 2.45) is 0 Å². The van der Waals surface area contributed by atoms with Crippen molar-refractivity contribution in [2.75, 3.05) is 26.0 Å².